The smallest absolute Gasteiger partial charge is 0.211 e. The van der Waals surface area contributed by atoms with Crippen LogP contribution < -0.4 is 11.5 Å². The summed E-state index contributed by atoms with van der Waals surface area (Å²) in [6.45, 7) is 0. The summed E-state index contributed by atoms with van der Waals surface area (Å²) in [6.07, 6.45) is 3.36. The van der Waals surface area contributed by atoms with Crippen LogP contribution in [0.25, 0.3) is 16.2 Å². The van der Waals surface area contributed by atoms with Crippen molar-refractivity contribution in [1.29, 1.82) is 0 Å². The number of hydrogen-bond acceptors (Lipinski definition) is 4. The van der Waals surface area contributed by atoms with E-state index < -0.39 is 0 Å². The van der Waals surface area contributed by atoms with E-state index in [1.165, 1.54) is 17.6 Å². The molecule has 0 radical (unpaired) electrons. The summed E-state index contributed by atoms with van der Waals surface area (Å²) >= 11 is 19.9. The van der Waals surface area contributed by atoms with Gasteiger partial charge in [-0.1, -0.05) is 34.8 Å². The minimum atomic E-state index is -0.138. The van der Waals surface area contributed by atoms with Crippen LogP contribution in [-0.4, -0.2) is 21.6 Å². The highest BCUT2D eigenvalue weighted by molar-refractivity contribution is 7.15. The average Bonchev–Trinajstić information content (AvgIpc) is 3.07. The molecule has 0 saturated carbocycles. The highest BCUT2D eigenvalue weighted by Crippen LogP contribution is 2.39. The molecule has 0 spiro atoms. The van der Waals surface area contributed by atoms with Gasteiger partial charge in [0.2, 0.25) is 5.96 Å². The summed E-state index contributed by atoms with van der Waals surface area (Å²) in [5, 5.41) is 10.3. The molecule has 0 saturated heterocycles. The monoisotopic (exact) mass is 386 g/mol. The molecule has 3 aromatic rings. The van der Waals surface area contributed by atoms with E-state index in [1.54, 1.807) is 12.1 Å². The second-order valence-corrected chi connectivity index (χ2v) is 6.43. The molecule has 3 rings (SSSR count). The van der Waals surface area contributed by atoms with Crippen LogP contribution in [0.1, 0.15) is 5.69 Å². The van der Waals surface area contributed by atoms with Gasteiger partial charge in [-0.2, -0.15) is 5.10 Å². The fourth-order valence-electron chi connectivity index (χ4n) is 1.98. The fourth-order valence-corrected chi connectivity index (χ4v) is 3.33. The molecule has 6 nitrogen and oxygen atoms in total. The van der Waals surface area contributed by atoms with Crippen LogP contribution >= 0.6 is 46.1 Å². The molecule has 118 valence electrons. The number of guanidine groups is 1. The molecule has 10 heteroatoms. The van der Waals surface area contributed by atoms with Gasteiger partial charge in [0.15, 0.2) is 4.96 Å². The lowest BCUT2D eigenvalue weighted by Gasteiger charge is -2.06. The molecule has 0 atom stereocenters. The first-order chi connectivity index (χ1) is 11.0. The minimum absolute atomic E-state index is 0.138. The maximum atomic E-state index is 6.31. The molecular weight excluding hydrogens is 379 g/mol. The van der Waals surface area contributed by atoms with E-state index in [0.29, 0.717) is 27.0 Å². The van der Waals surface area contributed by atoms with Gasteiger partial charge in [-0.05, 0) is 12.1 Å². The zero-order valence-electron chi connectivity index (χ0n) is 11.4. The number of hydrogen-bond donors (Lipinski definition) is 2. The van der Waals surface area contributed by atoms with Gasteiger partial charge in [0, 0.05) is 17.1 Å². The number of benzene rings is 1. The Balaban J connectivity index is 2.22. The van der Waals surface area contributed by atoms with Crippen LogP contribution in [0, 0.1) is 0 Å². The molecule has 0 aliphatic rings. The van der Waals surface area contributed by atoms with Crippen molar-refractivity contribution in [3.8, 4) is 11.3 Å². The van der Waals surface area contributed by atoms with Crippen molar-refractivity contribution >= 4 is 63.3 Å². The third-order valence-corrected chi connectivity index (χ3v) is 4.99. The summed E-state index contributed by atoms with van der Waals surface area (Å²) in [5.41, 5.74) is 12.5. The van der Waals surface area contributed by atoms with E-state index in [0.717, 1.165) is 4.96 Å². The summed E-state index contributed by atoms with van der Waals surface area (Å²) in [7, 11) is 0. The van der Waals surface area contributed by atoms with Gasteiger partial charge in [-0.15, -0.1) is 16.4 Å². The maximum Gasteiger partial charge on any atom is 0.211 e. The first-order valence-electron chi connectivity index (χ1n) is 6.20. The lowest BCUT2D eigenvalue weighted by atomic mass is 10.1. The van der Waals surface area contributed by atoms with Gasteiger partial charge < -0.3 is 11.5 Å². The van der Waals surface area contributed by atoms with Gasteiger partial charge in [-0.25, -0.2) is 4.98 Å². The number of halogens is 3. The highest BCUT2D eigenvalue weighted by Gasteiger charge is 2.18. The Bertz CT molecular complexity index is 939. The van der Waals surface area contributed by atoms with E-state index in [9.17, 15) is 0 Å². The molecule has 0 amide bonds. The molecule has 0 unspecified atom stereocenters. The first-order valence-corrected chi connectivity index (χ1v) is 8.21. The number of thiazole rings is 1. The van der Waals surface area contributed by atoms with Gasteiger partial charge in [0.25, 0.3) is 0 Å². The Labute approximate surface area is 150 Å². The lowest BCUT2D eigenvalue weighted by Crippen LogP contribution is -2.21. The second-order valence-electron chi connectivity index (χ2n) is 4.39. The number of nitrogens with two attached hydrogens (primary N) is 2. The Morgan fingerprint density at radius 1 is 1.22 bits per heavy atom. The van der Waals surface area contributed by atoms with E-state index in [4.69, 9.17) is 46.3 Å². The molecule has 0 fully saturated rings. The predicted octanol–water partition coefficient (Wildman–Crippen LogP) is 3.63. The van der Waals surface area contributed by atoms with Crippen molar-refractivity contribution in [2.24, 2.45) is 21.7 Å². The molecular formula is C13H9Cl3N6S. The summed E-state index contributed by atoms with van der Waals surface area (Å²) in [4.78, 5) is 5.34. The highest BCUT2D eigenvalue weighted by atomic mass is 35.5. The van der Waals surface area contributed by atoms with Gasteiger partial charge in [-0.3, -0.25) is 4.40 Å². The maximum absolute atomic E-state index is 6.31. The summed E-state index contributed by atoms with van der Waals surface area (Å²) < 4.78 is 1.85. The van der Waals surface area contributed by atoms with Crippen molar-refractivity contribution in [3.05, 3.63) is 44.5 Å². The predicted molar refractivity (Wildman–Crippen MR) is 96.9 cm³/mol. The number of aromatic nitrogens is 2. The number of rotatable bonds is 3. The van der Waals surface area contributed by atoms with Crippen LogP contribution in [-0.2, 0) is 0 Å². The van der Waals surface area contributed by atoms with Gasteiger partial charge in [0.1, 0.15) is 5.69 Å². The van der Waals surface area contributed by atoms with E-state index in [2.05, 4.69) is 15.2 Å². The number of nitrogens with zero attached hydrogens (tertiary/aromatic N) is 4. The zero-order valence-corrected chi connectivity index (χ0v) is 14.5. The quantitative estimate of drug-likeness (QED) is 0.311. The molecule has 2 aromatic heterocycles. The minimum Gasteiger partial charge on any atom is -0.369 e. The standard InChI is InChI=1S/C13H9Cl3N6S/c14-7-2-1-6(9(15)10(7)16)11-8(5-19-21-12(17)18)22-3-4-23-13(22)20-11/h1-5H,(H4,17,18,21)/b19-5+. The van der Waals surface area contributed by atoms with E-state index in [-0.39, 0.29) is 11.0 Å². The molecule has 0 aliphatic heterocycles. The van der Waals surface area contributed by atoms with Gasteiger partial charge in [0.05, 0.1) is 27.0 Å². The molecule has 0 bridgehead atoms. The topological polar surface area (TPSA) is 94.1 Å². The zero-order chi connectivity index (χ0) is 16.6. The van der Waals surface area contributed by atoms with Crippen LogP contribution in [0.2, 0.25) is 15.1 Å². The summed E-state index contributed by atoms with van der Waals surface area (Å²) in [6, 6.07) is 3.41. The fraction of sp³-hybridized carbons (Fsp3) is 0. The Morgan fingerprint density at radius 3 is 2.74 bits per heavy atom. The van der Waals surface area contributed by atoms with Crippen molar-refractivity contribution in [2.45, 2.75) is 0 Å². The Hall–Kier alpha value is -1.80. The summed E-state index contributed by atoms with van der Waals surface area (Å²) in [5.74, 6) is -0.138. The van der Waals surface area contributed by atoms with Crippen molar-refractivity contribution in [3.63, 3.8) is 0 Å². The Kier molecular flexibility index (Phi) is 4.45. The molecule has 4 N–H and O–H groups in total. The Morgan fingerprint density at radius 2 is 2.00 bits per heavy atom. The second kappa shape index (κ2) is 6.37. The van der Waals surface area contributed by atoms with Crippen LogP contribution in [0.15, 0.2) is 33.9 Å². The van der Waals surface area contributed by atoms with E-state index >= 15 is 0 Å². The van der Waals surface area contributed by atoms with Gasteiger partial charge >= 0.3 is 0 Å². The van der Waals surface area contributed by atoms with Crippen LogP contribution in [0.4, 0.5) is 0 Å². The SMILES string of the molecule is NC(N)=N/N=C/c1c(-c2ccc(Cl)c(Cl)c2Cl)nc2sccn12. The molecule has 1 aromatic carbocycles. The first kappa shape index (κ1) is 16.1. The molecule has 0 aliphatic carbocycles. The molecule has 2 heterocycles. The van der Waals surface area contributed by atoms with Crippen molar-refractivity contribution < 1.29 is 0 Å². The molecule has 23 heavy (non-hydrogen) atoms. The normalized spacial score (nSPS) is 11.4. The number of imidazole rings is 1. The van der Waals surface area contributed by atoms with Crippen molar-refractivity contribution in [2.75, 3.05) is 0 Å². The largest absolute Gasteiger partial charge is 0.369 e. The third kappa shape index (κ3) is 3.00. The third-order valence-electron chi connectivity index (χ3n) is 2.94. The average molecular weight is 388 g/mol. The van der Waals surface area contributed by atoms with E-state index in [1.807, 2.05) is 16.0 Å². The number of fused-ring (bicyclic) bond motifs is 1. The van der Waals surface area contributed by atoms with Crippen molar-refractivity contribution in [1.82, 2.24) is 9.38 Å². The lowest BCUT2D eigenvalue weighted by molar-refractivity contribution is 1.18. The van der Waals surface area contributed by atoms with Crippen LogP contribution in [0.3, 0.4) is 0 Å². The van der Waals surface area contributed by atoms with Crippen LogP contribution in [0.5, 0.6) is 0 Å².